The van der Waals surface area contributed by atoms with E-state index in [-0.39, 0.29) is 11.9 Å². The molecule has 142 valence electrons. The minimum absolute atomic E-state index is 0.00661. The zero-order chi connectivity index (χ0) is 18.0. The third kappa shape index (κ3) is 16.1. The summed E-state index contributed by atoms with van der Waals surface area (Å²) in [5.74, 6) is -0.00661. The van der Waals surface area contributed by atoms with Crippen LogP contribution in [0.2, 0.25) is 0 Å². The highest BCUT2D eigenvalue weighted by atomic mass is 16.1. The summed E-state index contributed by atoms with van der Waals surface area (Å²) in [6.07, 6.45) is 20.5. The summed E-state index contributed by atoms with van der Waals surface area (Å²) in [5.41, 5.74) is 0.600. The number of hydrogen-bond acceptors (Lipinski definition) is 1. The lowest BCUT2D eigenvalue weighted by Gasteiger charge is -2.13. The zero-order valence-electron chi connectivity index (χ0n) is 16.8. The molecular weight excluding hydrogens is 294 g/mol. The Morgan fingerprint density at radius 1 is 0.792 bits per heavy atom. The molecule has 0 aromatic heterocycles. The van der Waals surface area contributed by atoms with E-state index < -0.39 is 0 Å². The van der Waals surface area contributed by atoms with Gasteiger partial charge in [0.1, 0.15) is 0 Å². The van der Waals surface area contributed by atoms with Crippen molar-refractivity contribution < 1.29 is 4.79 Å². The average molecular weight is 338 g/mol. The second-order valence-electron chi connectivity index (χ2n) is 7.54. The number of rotatable bonds is 17. The Morgan fingerprint density at radius 3 is 1.54 bits per heavy atom. The highest BCUT2D eigenvalue weighted by Gasteiger charge is 2.06. The summed E-state index contributed by atoms with van der Waals surface area (Å²) in [7, 11) is 0. The van der Waals surface area contributed by atoms with E-state index in [0.717, 1.165) is 6.42 Å². The Kier molecular flexibility index (Phi) is 16.5. The van der Waals surface area contributed by atoms with Crippen LogP contribution in [0.4, 0.5) is 0 Å². The molecule has 0 aliphatic rings. The number of nitrogens with one attached hydrogen (secondary N) is 1. The molecule has 0 rings (SSSR count). The van der Waals surface area contributed by atoms with Gasteiger partial charge >= 0.3 is 0 Å². The normalized spacial score (nSPS) is 12.1. The monoisotopic (exact) mass is 337 g/mol. The zero-order valence-corrected chi connectivity index (χ0v) is 16.8. The Morgan fingerprint density at radius 2 is 1.17 bits per heavy atom. The van der Waals surface area contributed by atoms with Crippen molar-refractivity contribution in [3.05, 3.63) is 12.2 Å². The predicted molar refractivity (Wildman–Crippen MR) is 107 cm³/mol. The molecule has 0 spiro atoms. The van der Waals surface area contributed by atoms with Crippen LogP contribution >= 0.6 is 0 Å². The van der Waals surface area contributed by atoms with Gasteiger partial charge in [0.05, 0.1) is 0 Å². The molecule has 0 aromatic carbocycles. The van der Waals surface area contributed by atoms with E-state index in [2.05, 4.69) is 25.7 Å². The van der Waals surface area contributed by atoms with E-state index in [9.17, 15) is 4.79 Å². The topological polar surface area (TPSA) is 29.1 Å². The molecule has 0 aliphatic heterocycles. The molecule has 24 heavy (non-hydrogen) atoms. The molecule has 0 aliphatic carbocycles. The first kappa shape index (κ1) is 23.2. The van der Waals surface area contributed by atoms with Crippen molar-refractivity contribution in [2.45, 2.75) is 123 Å². The largest absolute Gasteiger partial charge is 0.350 e. The van der Waals surface area contributed by atoms with Gasteiger partial charge in [-0.05, 0) is 20.3 Å². The summed E-state index contributed by atoms with van der Waals surface area (Å²) in [4.78, 5) is 11.5. The minimum atomic E-state index is -0.00661. The third-order valence-corrected chi connectivity index (χ3v) is 4.76. The SMILES string of the molecule is C=C(C)C(=O)NC(C)CCCCCCCCCCCCCCCC. The van der Waals surface area contributed by atoms with E-state index in [1.807, 2.05) is 0 Å². The molecule has 0 fully saturated rings. The van der Waals surface area contributed by atoms with E-state index in [1.54, 1.807) is 6.92 Å². The Hall–Kier alpha value is -0.790. The van der Waals surface area contributed by atoms with E-state index in [0.29, 0.717) is 5.57 Å². The number of unbranched alkanes of at least 4 members (excludes halogenated alkanes) is 13. The predicted octanol–water partition coefficient (Wildman–Crippen LogP) is 6.94. The molecule has 0 heterocycles. The van der Waals surface area contributed by atoms with Crippen molar-refractivity contribution >= 4 is 5.91 Å². The molecule has 0 bridgehead atoms. The summed E-state index contributed by atoms with van der Waals surface area (Å²) in [6, 6.07) is 0.270. The van der Waals surface area contributed by atoms with Crippen molar-refractivity contribution in [3.63, 3.8) is 0 Å². The number of hydrogen-bond donors (Lipinski definition) is 1. The molecule has 2 heteroatoms. The maximum atomic E-state index is 11.5. The van der Waals surface area contributed by atoms with Gasteiger partial charge in [-0.3, -0.25) is 4.79 Å². The van der Waals surface area contributed by atoms with Gasteiger partial charge in [-0.1, -0.05) is 103 Å². The molecule has 1 atom stereocenters. The van der Waals surface area contributed by atoms with Gasteiger partial charge in [-0.2, -0.15) is 0 Å². The van der Waals surface area contributed by atoms with Crippen LogP contribution in [-0.2, 0) is 4.79 Å². The van der Waals surface area contributed by atoms with Crippen LogP contribution < -0.4 is 5.32 Å². The first-order valence-electron chi connectivity index (χ1n) is 10.5. The standard InChI is InChI=1S/C22H43NO/c1-5-6-7-8-9-10-11-12-13-14-15-16-17-18-19-21(4)23-22(24)20(2)3/h21H,2,5-19H2,1,3-4H3,(H,23,24). The second-order valence-corrected chi connectivity index (χ2v) is 7.54. The first-order chi connectivity index (χ1) is 11.6. The third-order valence-electron chi connectivity index (χ3n) is 4.76. The molecular formula is C22H43NO. The maximum absolute atomic E-state index is 11.5. The molecule has 0 saturated carbocycles. The fraction of sp³-hybridized carbons (Fsp3) is 0.864. The Balaban J connectivity index is 3.20. The summed E-state index contributed by atoms with van der Waals surface area (Å²) < 4.78 is 0. The highest BCUT2D eigenvalue weighted by molar-refractivity contribution is 5.92. The quantitative estimate of drug-likeness (QED) is 0.226. The van der Waals surface area contributed by atoms with E-state index in [1.165, 1.54) is 89.9 Å². The number of carbonyl (C=O) groups is 1. The average Bonchev–Trinajstić information content (AvgIpc) is 2.55. The minimum Gasteiger partial charge on any atom is -0.350 e. The van der Waals surface area contributed by atoms with Gasteiger partial charge < -0.3 is 5.32 Å². The molecule has 0 saturated heterocycles. The van der Waals surface area contributed by atoms with E-state index >= 15 is 0 Å². The van der Waals surface area contributed by atoms with Gasteiger partial charge in [0.15, 0.2) is 0 Å². The van der Waals surface area contributed by atoms with Gasteiger partial charge in [-0.25, -0.2) is 0 Å². The molecule has 0 radical (unpaired) electrons. The molecule has 1 amide bonds. The van der Waals surface area contributed by atoms with Gasteiger partial charge in [-0.15, -0.1) is 0 Å². The molecule has 1 unspecified atom stereocenters. The number of carbonyl (C=O) groups excluding carboxylic acids is 1. The fourth-order valence-corrected chi connectivity index (χ4v) is 3.06. The van der Waals surface area contributed by atoms with Crippen molar-refractivity contribution in [1.82, 2.24) is 5.32 Å². The Bertz CT molecular complexity index is 311. The van der Waals surface area contributed by atoms with Crippen molar-refractivity contribution in [2.75, 3.05) is 0 Å². The first-order valence-corrected chi connectivity index (χ1v) is 10.5. The van der Waals surface area contributed by atoms with E-state index in [4.69, 9.17) is 0 Å². The van der Waals surface area contributed by atoms with Crippen LogP contribution in [0.1, 0.15) is 117 Å². The smallest absolute Gasteiger partial charge is 0.246 e. The van der Waals surface area contributed by atoms with Crippen LogP contribution in [0.15, 0.2) is 12.2 Å². The Labute approximate surface area is 151 Å². The van der Waals surface area contributed by atoms with Gasteiger partial charge in [0.2, 0.25) is 5.91 Å². The summed E-state index contributed by atoms with van der Waals surface area (Å²) in [6.45, 7) is 9.79. The van der Waals surface area contributed by atoms with Crippen LogP contribution in [-0.4, -0.2) is 11.9 Å². The van der Waals surface area contributed by atoms with Crippen molar-refractivity contribution in [2.24, 2.45) is 0 Å². The second kappa shape index (κ2) is 17.0. The van der Waals surface area contributed by atoms with Crippen LogP contribution in [0, 0.1) is 0 Å². The van der Waals surface area contributed by atoms with Gasteiger partial charge in [0.25, 0.3) is 0 Å². The van der Waals surface area contributed by atoms with Crippen LogP contribution in [0.5, 0.6) is 0 Å². The van der Waals surface area contributed by atoms with Crippen molar-refractivity contribution in [3.8, 4) is 0 Å². The molecule has 2 nitrogen and oxygen atoms in total. The summed E-state index contributed by atoms with van der Waals surface area (Å²) in [5, 5.41) is 2.99. The lowest BCUT2D eigenvalue weighted by atomic mass is 10.0. The lowest BCUT2D eigenvalue weighted by Crippen LogP contribution is -2.32. The van der Waals surface area contributed by atoms with Crippen molar-refractivity contribution in [1.29, 1.82) is 0 Å². The fourth-order valence-electron chi connectivity index (χ4n) is 3.06. The van der Waals surface area contributed by atoms with Gasteiger partial charge in [0, 0.05) is 11.6 Å². The highest BCUT2D eigenvalue weighted by Crippen LogP contribution is 2.13. The maximum Gasteiger partial charge on any atom is 0.246 e. The number of amides is 1. The molecule has 1 N–H and O–H groups in total. The van der Waals surface area contributed by atoms with Crippen LogP contribution in [0.25, 0.3) is 0 Å². The lowest BCUT2D eigenvalue weighted by molar-refractivity contribution is -0.118. The molecule has 0 aromatic rings. The summed E-state index contributed by atoms with van der Waals surface area (Å²) >= 11 is 0. The van der Waals surface area contributed by atoms with Crippen LogP contribution in [0.3, 0.4) is 0 Å².